The Bertz CT molecular complexity index is 915. The number of hydrogen-bond donors (Lipinski definition) is 0. The molecule has 5 nitrogen and oxygen atoms in total. The lowest BCUT2D eigenvalue weighted by atomic mass is 10.1. The minimum Gasteiger partial charge on any atom is -0.497 e. The van der Waals surface area contributed by atoms with Crippen molar-refractivity contribution in [1.82, 2.24) is 14.9 Å². The molecule has 0 N–H and O–H groups in total. The number of methoxy groups -OCH3 is 1. The molecule has 120 valence electrons. The number of thioether (sulfide) groups is 1. The second kappa shape index (κ2) is 6.13. The van der Waals surface area contributed by atoms with Crippen LogP contribution in [0.15, 0.2) is 58.8 Å². The summed E-state index contributed by atoms with van der Waals surface area (Å²) >= 11 is 1.65. The van der Waals surface area contributed by atoms with Crippen molar-refractivity contribution in [2.75, 3.05) is 12.9 Å². The third-order valence-electron chi connectivity index (χ3n) is 3.88. The topological polar surface area (TPSA) is 52.3 Å². The molecule has 0 aliphatic carbocycles. The van der Waals surface area contributed by atoms with Crippen molar-refractivity contribution >= 4 is 17.5 Å². The van der Waals surface area contributed by atoms with Crippen LogP contribution in [-0.2, 0) is 0 Å². The Morgan fingerprint density at radius 1 is 1.04 bits per heavy atom. The maximum Gasteiger partial charge on any atom is 0.212 e. The Balaban J connectivity index is 1.77. The predicted molar refractivity (Wildman–Crippen MR) is 95.8 cm³/mol. The van der Waals surface area contributed by atoms with Crippen molar-refractivity contribution in [1.29, 1.82) is 0 Å². The third kappa shape index (κ3) is 2.69. The van der Waals surface area contributed by atoms with E-state index >= 15 is 0 Å². The zero-order valence-corrected chi connectivity index (χ0v) is 14.2. The second-order valence-electron chi connectivity index (χ2n) is 5.55. The van der Waals surface area contributed by atoms with Crippen molar-refractivity contribution in [3.8, 4) is 17.1 Å². The Morgan fingerprint density at radius 2 is 1.88 bits per heavy atom. The summed E-state index contributed by atoms with van der Waals surface area (Å²) in [5.74, 6) is 2.30. The first-order valence-corrected chi connectivity index (χ1v) is 8.61. The van der Waals surface area contributed by atoms with Gasteiger partial charge in [-0.1, -0.05) is 53.7 Å². The molecule has 2 heterocycles. The minimum atomic E-state index is 0.723. The number of hydrogen-bond acceptors (Lipinski definition) is 5. The first-order chi connectivity index (χ1) is 11.7. The third-order valence-corrected chi connectivity index (χ3v) is 4.81. The number of benzene rings is 2. The Kier molecular flexibility index (Phi) is 3.82. The van der Waals surface area contributed by atoms with Gasteiger partial charge in [0.1, 0.15) is 5.75 Å². The van der Waals surface area contributed by atoms with E-state index in [4.69, 9.17) is 9.84 Å². The van der Waals surface area contributed by atoms with Crippen LogP contribution in [0.25, 0.3) is 11.4 Å². The van der Waals surface area contributed by atoms with Gasteiger partial charge in [-0.05, 0) is 24.6 Å². The van der Waals surface area contributed by atoms with Gasteiger partial charge in [-0.2, -0.15) is 9.78 Å². The average Bonchev–Trinajstić information content (AvgIpc) is 3.05. The van der Waals surface area contributed by atoms with Crippen LogP contribution in [0.2, 0.25) is 0 Å². The van der Waals surface area contributed by atoms with Gasteiger partial charge in [-0.15, -0.1) is 10.2 Å². The fraction of sp³-hybridized carbons (Fsp3) is 0.167. The monoisotopic (exact) mass is 336 g/mol. The van der Waals surface area contributed by atoms with E-state index in [2.05, 4.69) is 41.4 Å². The van der Waals surface area contributed by atoms with Crippen molar-refractivity contribution in [3.05, 3.63) is 59.7 Å². The summed E-state index contributed by atoms with van der Waals surface area (Å²) < 4.78 is 7.12. The summed E-state index contributed by atoms with van der Waals surface area (Å²) in [4.78, 5) is 0. The highest BCUT2D eigenvalue weighted by Gasteiger charge is 2.20. The molecule has 1 aliphatic heterocycles. The van der Waals surface area contributed by atoms with E-state index in [1.807, 2.05) is 28.9 Å². The van der Waals surface area contributed by atoms with Gasteiger partial charge < -0.3 is 4.74 Å². The second-order valence-corrected chi connectivity index (χ2v) is 6.49. The summed E-state index contributed by atoms with van der Waals surface area (Å²) in [5, 5.41) is 14.2. The number of ether oxygens (including phenoxy) is 1. The maximum atomic E-state index is 5.30. The van der Waals surface area contributed by atoms with Crippen LogP contribution in [0.1, 0.15) is 11.1 Å². The van der Waals surface area contributed by atoms with E-state index in [0.29, 0.717) is 0 Å². The van der Waals surface area contributed by atoms with Crippen LogP contribution in [-0.4, -0.2) is 33.4 Å². The van der Waals surface area contributed by atoms with E-state index in [-0.39, 0.29) is 0 Å². The largest absolute Gasteiger partial charge is 0.497 e. The molecule has 0 bridgehead atoms. The lowest BCUT2D eigenvalue weighted by molar-refractivity contribution is 0.415. The smallest absolute Gasteiger partial charge is 0.212 e. The molecular formula is C18H16N4OS. The summed E-state index contributed by atoms with van der Waals surface area (Å²) in [5.41, 5.74) is 4.33. The van der Waals surface area contributed by atoms with Gasteiger partial charge in [0.15, 0.2) is 5.82 Å². The first-order valence-electron chi connectivity index (χ1n) is 7.62. The highest BCUT2D eigenvalue weighted by Crippen LogP contribution is 2.29. The van der Waals surface area contributed by atoms with Crippen LogP contribution < -0.4 is 4.74 Å². The SMILES string of the molecule is COc1cccc(-c2nnc3n2N=C(c2ccc(C)cc2)CS3)c1. The average molecular weight is 336 g/mol. The van der Waals surface area contributed by atoms with Crippen molar-refractivity contribution in [2.45, 2.75) is 12.1 Å². The number of aromatic nitrogens is 3. The standard InChI is InChI=1S/C18H16N4OS/c1-12-6-8-13(9-7-12)16-11-24-18-20-19-17(22(18)21-16)14-4-3-5-15(10-14)23-2/h3-10H,11H2,1-2H3. The molecule has 0 amide bonds. The van der Waals surface area contributed by atoms with Crippen LogP contribution in [0.4, 0.5) is 0 Å². The molecule has 1 aromatic heterocycles. The van der Waals surface area contributed by atoms with Gasteiger partial charge in [0, 0.05) is 11.3 Å². The molecule has 4 rings (SSSR count). The lowest BCUT2D eigenvalue weighted by Crippen LogP contribution is -2.13. The van der Waals surface area contributed by atoms with Crippen LogP contribution in [0.5, 0.6) is 5.75 Å². The number of rotatable bonds is 3. The molecule has 0 spiro atoms. The zero-order valence-electron chi connectivity index (χ0n) is 13.4. The molecule has 0 radical (unpaired) electrons. The molecule has 0 fully saturated rings. The van der Waals surface area contributed by atoms with Gasteiger partial charge in [-0.3, -0.25) is 0 Å². The quantitative estimate of drug-likeness (QED) is 0.733. The normalized spacial score (nSPS) is 13.3. The molecule has 1 aliphatic rings. The molecule has 0 atom stereocenters. The summed E-state index contributed by atoms with van der Waals surface area (Å²) in [7, 11) is 1.65. The van der Waals surface area contributed by atoms with Gasteiger partial charge in [-0.25, -0.2) is 0 Å². The number of fused-ring (bicyclic) bond motifs is 1. The highest BCUT2D eigenvalue weighted by atomic mass is 32.2. The fourth-order valence-electron chi connectivity index (χ4n) is 2.56. The minimum absolute atomic E-state index is 0.723. The molecule has 24 heavy (non-hydrogen) atoms. The Labute approximate surface area is 144 Å². The van der Waals surface area contributed by atoms with Gasteiger partial charge in [0.2, 0.25) is 5.16 Å². The molecule has 2 aromatic carbocycles. The fourth-order valence-corrected chi connectivity index (χ4v) is 3.40. The van der Waals surface area contributed by atoms with E-state index in [9.17, 15) is 0 Å². The summed E-state index contributed by atoms with van der Waals surface area (Å²) in [6.45, 7) is 2.08. The van der Waals surface area contributed by atoms with Crippen molar-refractivity contribution < 1.29 is 4.74 Å². The predicted octanol–water partition coefficient (Wildman–Crippen LogP) is 3.62. The molecular weight excluding hydrogens is 320 g/mol. The van der Waals surface area contributed by atoms with Gasteiger partial charge >= 0.3 is 0 Å². The molecule has 0 saturated heterocycles. The summed E-state index contributed by atoms with van der Waals surface area (Å²) in [6.07, 6.45) is 0. The number of nitrogens with zero attached hydrogens (tertiary/aromatic N) is 4. The molecule has 0 saturated carbocycles. The van der Waals surface area contributed by atoms with Gasteiger partial charge in [0.25, 0.3) is 0 Å². The zero-order chi connectivity index (χ0) is 16.5. The van der Waals surface area contributed by atoms with E-state index < -0.39 is 0 Å². The maximum absolute atomic E-state index is 5.30. The number of aryl methyl sites for hydroxylation is 1. The van der Waals surface area contributed by atoms with E-state index in [1.54, 1.807) is 18.9 Å². The first kappa shape index (κ1) is 15.0. The lowest BCUT2D eigenvalue weighted by Gasteiger charge is -2.14. The van der Waals surface area contributed by atoms with Crippen LogP contribution in [0.3, 0.4) is 0 Å². The van der Waals surface area contributed by atoms with Crippen LogP contribution in [0, 0.1) is 6.92 Å². The summed E-state index contributed by atoms with van der Waals surface area (Å²) in [6, 6.07) is 16.2. The molecule has 6 heteroatoms. The van der Waals surface area contributed by atoms with Crippen molar-refractivity contribution in [2.24, 2.45) is 5.10 Å². The Hall–Kier alpha value is -2.60. The molecule has 3 aromatic rings. The molecule has 0 unspecified atom stereocenters. The van der Waals surface area contributed by atoms with Gasteiger partial charge in [0.05, 0.1) is 12.8 Å². The Morgan fingerprint density at radius 3 is 2.67 bits per heavy atom. The highest BCUT2D eigenvalue weighted by molar-refractivity contribution is 7.99. The van der Waals surface area contributed by atoms with E-state index in [0.717, 1.165) is 39.3 Å². The van der Waals surface area contributed by atoms with Crippen LogP contribution >= 0.6 is 11.8 Å². The van der Waals surface area contributed by atoms with Crippen molar-refractivity contribution in [3.63, 3.8) is 0 Å². The van der Waals surface area contributed by atoms with E-state index in [1.165, 1.54) is 5.56 Å².